The smallest absolute Gasteiger partial charge is 0.422 e. The van der Waals surface area contributed by atoms with E-state index in [4.69, 9.17) is 4.74 Å². The first-order chi connectivity index (χ1) is 13.3. The number of ether oxygens (including phenoxy) is 1. The van der Waals surface area contributed by atoms with Crippen molar-refractivity contribution in [2.45, 2.75) is 39.5 Å². The second-order valence-electron chi connectivity index (χ2n) is 6.50. The number of rotatable bonds is 8. The van der Waals surface area contributed by atoms with Gasteiger partial charge < -0.3 is 15.4 Å². The maximum atomic E-state index is 12.5. The summed E-state index contributed by atoms with van der Waals surface area (Å²) in [6.07, 6.45) is 0.270. The lowest BCUT2D eigenvalue weighted by Crippen LogP contribution is -2.37. The number of aryl methyl sites for hydroxylation is 3. The quantitative estimate of drug-likeness (QED) is 0.408. The molecular weight excluding hydrogens is 371 g/mol. The fourth-order valence-corrected chi connectivity index (χ4v) is 2.54. The molecule has 0 saturated carbocycles. The highest BCUT2D eigenvalue weighted by Gasteiger charge is 2.28. The maximum absolute atomic E-state index is 12.5. The van der Waals surface area contributed by atoms with Crippen molar-refractivity contribution in [2.24, 2.45) is 4.99 Å². The van der Waals surface area contributed by atoms with Crippen LogP contribution in [0.15, 0.2) is 35.6 Å². The molecule has 0 aliphatic heterocycles. The first-order valence-corrected chi connectivity index (χ1v) is 8.99. The van der Waals surface area contributed by atoms with Crippen LogP contribution in [-0.2, 0) is 13.1 Å². The van der Waals surface area contributed by atoms with E-state index in [0.717, 1.165) is 24.1 Å². The molecule has 0 bridgehead atoms. The van der Waals surface area contributed by atoms with Gasteiger partial charge in [-0.25, -0.2) is 0 Å². The largest absolute Gasteiger partial charge is 0.484 e. The van der Waals surface area contributed by atoms with Crippen LogP contribution in [0, 0.1) is 13.8 Å². The number of hydrogen-bond acceptors (Lipinski definition) is 3. The van der Waals surface area contributed by atoms with E-state index >= 15 is 0 Å². The molecular formula is C19H26F3N5O. The summed E-state index contributed by atoms with van der Waals surface area (Å²) < 4.78 is 44.2. The Morgan fingerprint density at radius 3 is 2.64 bits per heavy atom. The molecule has 1 aromatic heterocycles. The molecule has 0 aliphatic rings. The van der Waals surface area contributed by atoms with Gasteiger partial charge in [-0.15, -0.1) is 0 Å². The number of aliphatic imine (C=N–C) groups is 1. The molecule has 0 unspecified atom stereocenters. The molecule has 1 aromatic carbocycles. The summed E-state index contributed by atoms with van der Waals surface area (Å²) in [5, 5.41) is 10.5. The van der Waals surface area contributed by atoms with E-state index in [-0.39, 0.29) is 5.75 Å². The van der Waals surface area contributed by atoms with Crippen LogP contribution in [0.25, 0.3) is 0 Å². The van der Waals surface area contributed by atoms with Crippen molar-refractivity contribution < 1.29 is 17.9 Å². The monoisotopic (exact) mass is 397 g/mol. The summed E-state index contributed by atoms with van der Waals surface area (Å²) in [5.74, 6) is 0.785. The zero-order chi connectivity index (χ0) is 20.6. The number of nitrogens with zero attached hydrogens (tertiary/aromatic N) is 3. The Morgan fingerprint density at radius 2 is 2.00 bits per heavy atom. The molecule has 0 saturated heterocycles. The number of nitrogens with one attached hydrogen (secondary N) is 2. The molecule has 2 rings (SSSR count). The molecule has 9 heteroatoms. The normalized spacial score (nSPS) is 12.1. The Kier molecular flexibility index (Phi) is 7.71. The predicted octanol–water partition coefficient (Wildman–Crippen LogP) is 3.20. The van der Waals surface area contributed by atoms with Crippen LogP contribution in [0.5, 0.6) is 5.75 Å². The van der Waals surface area contributed by atoms with Crippen LogP contribution in [0.2, 0.25) is 0 Å². The third-order valence-corrected chi connectivity index (χ3v) is 3.90. The highest BCUT2D eigenvalue weighted by Crippen LogP contribution is 2.23. The second-order valence-corrected chi connectivity index (χ2v) is 6.50. The minimum absolute atomic E-state index is 0.217. The van der Waals surface area contributed by atoms with Crippen molar-refractivity contribution in [3.63, 3.8) is 0 Å². The summed E-state index contributed by atoms with van der Waals surface area (Å²) in [5.41, 5.74) is 2.58. The zero-order valence-corrected chi connectivity index (χ0v) is 16.3. The Hall–Kier alpha value is -2.71. The molecule has 0 atom stereocenters. The van der Waals surface area contributed by atoms with Crippen molar-refractivity contribution in [2.75, 3.05) is 20.2 Å². The number of benzene rings is 1. The van der Waals surface area contributed by atoms with E-state index in [9.17, 15) is 13.2 Å². The van der Waals surface area contributed by atoms with Gasteiger partial charge >= 0.3 is 6.18 Å². The number of hydrogen-bond donors (Lipinski definition) is 2. The fraction of sp³-hybridized carbons (Fsp3) is 0.474. The Labute approximate surface area is 162 Å². The van der Waals surface area contributed by atoms with E-state index < -0.39 is 12.8 Å². The highest BCUT2D eigenvalue weighted by atomic mass is 19.4. The van der Waals surface area contributed by atoms with Gasteiger partial charge in [-0.1, -0.05) is 12.1 Å². The lowest BCUT2D eigenvalue weighted by molar-refractivity contribution is -0.153. The van der Waals surface area contributed by atoms with Crippen LogP contribution in [0.4, 0.5) is 13.2 Å². The van der Waals surface area contributed by atoms with Gasteiger partial charge in [0.05, 0.1) is 6.20 Å². The molecule has 1 heterocycles. The van der Waals surface area contributed by atoms with Gasteiger partial charge in [0.1, 0.15) is 5.75 Å². The lowest BCUT2D eigenvalue weighted by Gasteiger charge is -2.16. The Balaban J connectivity index is 1.83. The average Bonchev–Trinajstić information content (AvgIpc) is 3.05. The average molecular weight is 397 g/mol. The Bertz CT molecular complexity index is 786. The number of alkyl halides is 3. The van der Waals surface area contributed by atoms with Gasteiger partial charge in [0, 0.05) is 38.4 Å². The molecule has 0 fully saturated rings. The number of aromatic nitrogens is 2. The third kappa shape index (κ3) is 7.50. The summed E-state index contributed by atoms with van der Waals surface area (Å²) in [4.78, 5) is 4.14. The molecule has 6 nitrogen and oxygen atoms in total. The molecule has 0 radical (unpaired) electrons. The molecule has 0 aliphatic carbocycles. The molecule has 0 amide bonds. The van der Waals surface area contributed by atoms with E-state index in [1.54, 1.807) is 26.1 Å². The predicted molar refractivity (Wildman–Crippen MR) is 103 cm³/mol. The number of halogens is 3. The van der Waals surface area contributed by atoms with Crippen LogP contribution in [0.3, 0.4) is 0 Å². The van der Waals surface area contributed by atoms with Crippen molar-refractivity contribution >= 4 is 5.96 Å². The van der Waals surface area contributed by atoms with Crippen LogP contribution in [0.1, 0.15) is 23.1 Å². The summed E-state index contributed by atoms with van der Waals surface area (Å²) in [7, 11) is 1.64. The molecule has 2 N–H and O–H groups in total. The van der Waals surface area contributed by atoms with Crippen molar-refractivity contribution in [3.8, 4) is 5.75 Å². The van der Waals surface area contributed by atoms with Crippen LogP contribution < -0.4 is 15.4 Å². The second kappa shape index (κ2) is 10.0. The zero-order valence-electron chi connectivity index (χ0n) is 16.3. The standard InChI is InChI=1S/C19H26F3N5O/c1-14-5-6-16(17(9-14)28-13-19(20,21)22)11-25-18(23-3)24-7-4-8-27-12-15(2)10-26-27/h5-6,9-10,12H,4,7-8,11,13H2,1-3H3,(H2,23,24,25). The van der Waals surface area contributed by atoms with Gasteiger partial charge in [-0.05, 0) is 37.5 Å². The highest BCUT2D eigenvalue weighted by molar-refractivity contribution is 5.79. The SMILES string of the molecule is CN=C(NCCCn1cc(C)cn1)NCc1ccc(C)cc1OCC(F)(F)F. The first kappa shape index (κ1) is 21.6. The summed E-state index contributed by atoms with van der Waals surface area (Å²) in [6, 6.07) is 5.19. The maximum Gasteiger partial charge on any atom is 0.422 e. The van der Waals surface area contributed by atoms with Crippen molar-refractivity contribution in [1.29, 1.82) is 0 Å². The van der Waals surface area contributed by atoms with Crippen molar-refractivity contribution in [3.05, 3.63) is 47.3 Å². The van der Waals surface area contributed by atoms with E-state index in [1.165, 1.54) is 0 Å². The topological polar surface area (TPSA) is 63.5 Å². The summed E-state index contributed by atoms with van der Waals surface area (Å²) in [6.45, 7) is 4.24. The minimum atomic E-state index is -4.38. The van der Waals surface area contributed by atoms with Gasteiger partial charge in [0.2, 0.25) is 0 Å². The van der Waals surface area contributed by atoms with Gasteiger partial charge in [0.25, 0.3) is 0 Å². The summed E-state index contributed by atoms with van der Waals surface area (Å²) >= 11 is 0. The van der Waals surface area contributed by atoms with E-state index in [2.05, 4.69) is 20.7 Å². The third-order valence-electron chi connectivity index (χ3n) is 3.90. The molecule has 154 valence electrons. The first-order valence-electron chi connectivity index (χ1n) is 8.99. The minimum Gasteiger partial charge on any atom is -0.484 e. The fourth-order valence-electron chi connectivity index (χ4n) is 2.54. The van der Waals surface area contributed by atoms with Crippen LogP contribution >= 0.6 is 0 Å². The molecule has 28 heavy (non-hydrogen) atoms. The van der Waals surface area contributed by atoms with Gasteiger partial charge in [-0.2, -0.15) is 18.3 Å². The Morgan fingerprint density at radius 1 is 1.21 bits per heavy atom. The van der Waals surface area contributed by atoms with E-state index in [0.29, 0.717) is 24.6 Å². The van der Waals surface area contributed by atoms with E-state index in [1.807, 2.05) is 30.1 Å². The van der Waals surface area contributed by atoms with Crippen LogP contribution in [-0.4, -0.2) is 42.1 Å². The van der Waals surface area contributed by atoms with Crippen molar-refractivity contribution in [1.82, 2.24) is 20.4 Å². The molecule has 2 aromatic rings. The molecule has 0 spiro atoms. The number of guanidine groups is 1. The lowest BCUT2D eigenvalue weighted by atomic mass is 10.1. The van der Waals surface area contributed by atoms with Gasteiger partial charge in [0.15, 0.2) is 12.6 Å². The van der Waals surface area contributed by atoms with Gasteiger partial charge in [-0.3, -0.25) is 9.67 Å².